The largest absolute Gasteiger partial charge is 0.338 e. The van der Waals surface area contributed by atoms with Crippen LogP contribution in [0.4, 0.5) is 0 Å². The number of aryl methyl sites for hydroxylation is 1. The zero-order chi connectivity index (χ0) is 22.6. The Morgan fingerprint density at radius 1 is 1.00 bits per heavy atom. The average Bonchev–Trinajstić information content (AvgIpc) is 3.17. The van der Waals surface area contributed by atoms with E-state index in [1.54, 1.807) is 6.92 Å². The second kappa shape index (κ2) is 10.2. The van der Waals surface area contributed by atoms with E-state index in [0.29, 0.717) is 25.8 Å². The number of hydrogen-bond acceptors (Lipinski definition) is 3. The number of sulfonamides is 1. The third-order valence-corrected chi connectivity index (χ3v) is 8.29. The number of nitrogens with one attached hydrogen (secondary N) is 1. The summed E-state index contributed by atoms with van der Waals surface area (Å²) in [4.78, 5) is 15.0. The van der Waals surface area contributed by atoms with Crippen LogP contribution in [0, 0.1) is 0 Å². The van der Waals surface area contributed by atoms with Gasteiger partial charge in [-0.3, -0.25) is 4.79 Å². The van der Waals surface area contributed by atoms with Crippen molar-refractivity contribution in [3.05, 3.63) is 59.7 Å². The molecule has 1 N–H and O–H groups in total. The lowest BCUT2D eigenvalue weighted by Gasteiger charge is -2.29. The first-order chi connectivity index (χ1) is 15.5. The molecular formula is C26H34N2O3S. The minimum atomic E-state index is -3.33. The maximum atomic E-state index is 13.1. The summed E-state index contributed by atoms with van der Waals surface area (Å²) >= 11 is 0. The predicted octanol–water partition coefficient (Wildman–Crippen LogP) is 4.31. The van der Waals surface area contributed by atoms with Crippen molar-refractivity contribution in [3.8, 4) is 11.1 Å². The first kappa shape index (κ1) is 23.0. The van der Waals surface area contributed by atoms with Gasteiger partial charge in [-0.1, -0.05) is 61.4 Å². The number of carbonyl (C=O) groups is 1. The second-order valence-corrected chi connectivity index (χ2v) is 11.1. The third kappa shape index (κ3) is 5.41. The van der Waals surface area contributed by atoms with Crippen LogP contribution in [0.15, 0.2) is 48.5 Å². The molecule has 0 saturated carbocycles. The quantitative estimate of drug-likeness (QED) is 0.751. The molecule has 0 aliphatic carbocycles. The Bertz CT molecular complexity index is 1050. The molecule has 0 spiro atoms. The van der Waals surface area contributed by atoms with Crippen molar-refractivity contribution in [2.24, 2.45) is 0 Å². The van der Waals surface area contributed by atoms with Gasteiger partial charge in [0.1, 0.15) is 0 Å². The smallest absolute Gasteiger partial charge is 0.222 e. The fourth-order valence-corrected chi connectivity index (χ4v) is 5.99. The van der Waals surface area contributed by atoms with E-state index >= 15 is 0 Å². The van der Waals surface area contributed by atoms with Crippen molar-refractivity contribution < 1.29 is 13.2 Å². The molecule has 2 aromatic carbocycles. The Balaban J connectivity index is 1.68. The number of fused-ring (bicyclic) bond motifs is 5. The summed E-state index contributed by atoms with van der Waals surface area (Å²) in [5, 5.41) is 0. The number of amides is 1. The molecule has 1 saturated heterocycles. The van der Waals surface area contributed by atoms with Gasteiger partial charge < -0.3 is 4.90 Å². The Morgan fingerprint density at radius 2 is 1.78 bits per heavy atom. The van der Waals surface area contributed by atoms with E-state index in [9.17, 15) is 13.2 Å². The molecule has 1 fully saturated rings. The van der Waals surface area contributed by atoms with E-state index in [2.05, 4.69) is 53.3 Å². The number of hydrogen-bond donors (Lipinski definition) is 1. The lowest BCUT2D eigenvalue weighted by Crippen LogP contribution is -2.48. The van der Waals surface area contributed by atoms with Crippen LogP contribution in [-0.4, -0.2) is 43.6 Å². The lowest BCUT2D eigenvalue weighted by atomic mass is 9.93. The lowest BCUT2D eigenvalue weighted by molar-refractivity contribution is -0.132. The van der Waals surface area contributed by atoms with Crippen LogP contribution in [-0.2, 0) is 27.7 Å². The van der Waals surface area contributed by atoms with Crippen LogP contribution < -0.4 is 4.72 Å². The Kier molecular flexibility index (Phi) is 7.31. The molecule has 4 rings (SSSR count). The molecule has 2 aliphatic heterocycles. The topological polar surface area (TPSA) is 66.5 Å². The van der Waals surface area contributed by atoms with Crippen molar-refractivity contribution in [2.45, 2.75) is 70.4 Å². The average molecular weight is 455 g/mol. The van der Waals surface area contributed by atoms with E-state index in [1.807, 2.05) is 4.90 Å². The SMILES string of the molecule is CCS(=O)(=O)NC1CCN2C(=O)CCCCCCc3ccccc3-c3cccc(c3)CC12. The monoisotopic (exact) mass is 454 g/mol. The summed E-state index contributed by atoms with van der Waals surface area (Å²) in [5.41, 5.74) is 4.96. The Hall–Kier alpha value is -2.18. The minimum absolute atomic E-state index is 0.0520. The van der Waals surface area contributed by atoms with Crippen molar-refractivity contribution in [3.63, 3.8) is 0 Å². The van der Waals surface area contributed by atoms with Gasteiger partial charge in [0, 0.05) is 19.0 Å². The standard InChI is InChI=1S/C26H34N2O3S/c1-2-32(30,31)27-24-16-17-28-25(24)19-20-10-9-13-22(18-20)23-14-8-7-12-21(23)11-5-3-4-6-15-26(28)29/h7-10,12-14,18,24-25,27H,2-6,11,15-17,19H2,1H3. The van der Waals surface area contributed by atoms with E-state index in [0.717, 1.165) is 37.7 Å². The van der Waals surface area contributed by atoms with Gasteiger partial charge in [-0.15, -0.1) is 0 Å². The number of nitrogens with zero attached hydrogens (tertiary/aromatic N) is 1. The van der Waals surface area contributed by atoms with Crippen LogP contribution in [0.25, 0.3) is 11.1 Å². The van der Waals surface area contributed by atoms with Crippen LogP contribution in [0.1, 0.15) is 56.6 Å². The molecule has 2 aromatic rings. The third-order valence-electron chi connectivity index (χ3n) is 6.86. The number of carbonyl (C=O) groups excluding carboxylic acids is 1. The summed E-state index contributed by atoms with van der Waals surface area (Å²) in [6.45, 7) is 2.26. The van der Waals surface area contributed by atoms with Gasteiger partial charge in [0.25, 0.3) is 0 Å². The van der Waals surface area contributed by atoms with Crippen molar-refractivity contribution in [1.29, 1.82) is 0 Å². The van der Waals surface area contributed by atoms with Gasteiger partial charge in [-0.2, -0.15) is 0 Å². The summed E-state index contributed by atoms with van der Waals surface area (Å²) in [7, 11) is -3.33. The highest BCUT2D eigenvalue weighted by atomic mass is 32.2. The van der Waals surface area contributed by atoms with Crippen LogP contribution in [0.5, 0.6) is 0 Å². The molecule has 32 heavy (non-hydrogen) atoms. The molecular weight excluding hydrogens is 420 g/mol. The molecule has 2 unspecified atom stereocenters. The maximum Gasteiger partial charge on any atom is 0.222 e. The molecule has 5 nitrogen and oxygen atoms in total. The van der Waals surface area contributed by atoms with Crippen LogP contribution >= 0.6 is 0 Å². The molecule has 2 bridgehead atoms. The summed E-state index contributed by atoms with van der Waals surface area (Å²) in [6.07, 6.45) is 7.08. The van der Waals surface area contributed by atoms with Gasteiger partial charge in [-0.25, -0.2) is 13.1 Å². The van der Waals surface area contributed by atoms with Gasteiger partial charge in [-0.05, 0) is 61.3 Å². The first-order valence-corrected chi connectivity index (χ1v) is 13.6. The highest BCUT2D eigenvalue weighted by Gasteiger charge is 2.38. The zero-order valence-corrected chi connectivity index (χ0v) is 19.7. The van der Waals surface area contributed by atoms with Gasteiger partial charge in [0.05, 0.1) is 11.8 Å². The zero-order valence-electron chi connectivity index (χ0n) is 18.9. The minimum Gasteiger partial charge on any atom is -0.338 e. The fourth-order valence-electron chi connectivity index (χ4n) is 5.08. The Labute approximate surface area is 192 Å². The second-order valence-electron chi connectivity index (χ2n) is 9.05. The van der Waals surface area contributed by atoms with Crippen molar-refractivity contribution >= 4 is 15.9 Å². The van der Waals surface area contributed by atoms with Crippen molar-refractivity contribution in [1.82, 2.24) is 9.62 Å². The number of benzene rings is 2. The Morgan fingerprint density at radius 3 is 2.59 bits per heavy atom. The summed E-state index contributed by atoms with van der Waals surface area (Å²) < 4.78 is 27.5. The van der Waals surface area contributed by atoms with Crippen LogP contribution in [0.2, 0.25) is 0 Å². The number of rotatable bonds is 3. The van der Waals surface area contributed by atoms with Crippen molar-refractivity contribution in [2.75, 3.05) is 12.3 Å². The molecule has 2 atom stereocenters. The maximum absolute atomic E-state index is 13.1. The highest BCUT2D eigenvalue weighted by Crippen LogP contribution is 2.29. The molecule has 6 heteroatoms. The van der Waals surface area contributed by atoms with Gasteiger partial charge in [0.15, 0.2) is 0 Å². The van der Waals surface area contributed by atoms with Crippen LogP contribution in [0.3, 0.4) is 0 Å². The molecule has 2 heterocycles. The summed E-state index contributed by atoms with van der Waals surface area (Å²) in [6, 6.07) is 16.7. The predicted molar refractivity (Wildman–Crippen MR) is 129 cm³/mol. The summed E-state index contributed by atoms with van der Waals surface area (Å²) in [5.74, 6) is 0.207. The van der Waals surface area contributed by atoms with E-state index < -0.39 is 10.0 Å². The molecule has 0 radical (unpaired) electrons. The molecule has 2 aliphatic rings. The first-order valence-electron chi connectivity index (χ1n) is 11.9. The van der Waals surface area contributed by atoms with E-state index in [-0.39, 0.29) is 23.7 Å². The normalized spacial score (nSPS) is 22.5. The highest BCUT2D eigenvalue weighted by molar-refractivity contribution is 7.89. The molecule has 172 valence electrons. The van der Waals surface area contributed by atoms with E-state index in [1.165, 1.54) is 16.7 Å². The molecule has 0 aromatic heterocycles. The fraction of sp³-hybridized carbons (Fsp3) is 0.500. The molecule has 1 amide bonds. The van der Waals surface area contributed by atoms with Gasteiger partial charge >= 0.3 is 0 Å². The van der Waals surface area contributed by atoms with Gasteiger partial charge in [0.2, 0.25) is 15.9 Å². The van der Waals surface area contributed by atoms with E-state index in [4.69, 9.17) is 0 Å².